The van der Waals surface area contributed by atoms with Crippen LogP contribution >= 0.6 is 0 Å². The molecule has 0 spiro atoms. The predicted molar refractivity (Wildman–Crippen MR) is 73.3 cm³/mol. The largest absolute Gasteiger partial charge is 0.368 e. The lowest BCUT2D eigenvalue weighted by Gasteiger charge is -2.32. The van der Waals surface area contributed by atoms with Crippen LogP contribution in [0.15, 0.2) is 18.2 Å². The van der Waals surface area contributed by atoms with E-state index in [1.807, 2.05) is 6.92 Å². The normalized spacial score (nSPS) is 17.6. The highest BCUT2D eigenvalue weighted by Gasteiger charge is 2.23. The number of carbonyl (C=O) groups is 1. The van der Waals surface area contributed by atoms with Crippen molar-refractivity contribution < 1.29 is 4.79 Å². The maximum atomic E-state index is 11.3. The highest BCUT2D eigenvalue weighted by Crippen LogP contribution is 2.24. The van der Waals surface area contributed by atoms with Crippen LogP contribution in [0.25, 0.3) is 0 Å². The lowest BCUT2D eigenvalue weighted by Crippen LogP contribution is -2.45. The lowest BCUT2D eigenvalue weighted by atomic mass is 9.93. The van der Waals surface area contributed by atoms with Crippen molar-refractivity contribution in [1.82, 2.24) is 4.90 Å². The molecule has 18 heavy (non-hydrogen) atoms. The van der Waals surface area contributed by atoms with Crippen molar-refractivity contribution in [3.8, 4) is 0 Å². The summed E-state index contributed by atoms with van der Waals surface area (Å²) in [5, 5.41) is 0. The first-order valence-corrected chi connectivity index (χ1v) is 6.64. The van der Waals surface area contributed by atoms with Crippen molar-refractivity contribution in [2.75, 3.05) is 6.54 Å². The van der Waals surface area contributed by atoms with Gasteiger partial charge in [0.1, 0.15) is 0 Å². The van der Waals surface area contributed by atoms with Crippen LogP contribution in [0.5, 0.6) is 0 Å². The third kappa shape index (κ3) is 2.56. The number of amides is 1. The Morgan fingerprint density at radius 3 is 2.61 bits per heavy atom. The summed E-state index contributed by atoms with van der Waals surface area (Å²) in [4.78, 5) is 13.4. The van der Waals surface area contributed by atoms with E-state index in [4.69, 9.17) is 5.73 Å². The van der Waals surface area contributed by atoms with Gasteiger partial charge < -0.3 is 5.73 Å². The Balaban J connectivity index is 2.22. The van der Waals surface area contributed by atoms with Gasteiger partial charge >= 0.3 is 0 Å². The Labute approximate surface area is 109 Å². The van der Waals surface area contributed by atoms with Gasteiger partial charge in [0, 0.05) is 13.1 Å². The third-order valence-electron chi connectivity index (χ3n) is 3.90. The molecule has 1 heterocycles. The molecule has 0 bridgehead atoms. The molecule has 1 unspecified atom stereocenters. The number of nitrogens with two attached hydrogens (primary N) is 1. The van der Waals surface area contributed by atoms with E-state index in [0.29, 0.717) is 5.92 Å². The number of hydrogen-bond acceptors (Lipinski definition) is 2. The summed E-state index contributed by atoms with van der Waals surface area (Å²) >= 11 is 0. The van der Waals surface area contributed by atoms with Crippen LogP contribution in [0.3, 0.4) is 0 Å². The zero-order valence-electron chi connectivity index (χ0n) is 11.4. The number of primary amides is 1. The molecule has 1 aromatic carbocycles. The molecule has 1 aromatic rings. The van der Waals surface area contributed by atoms with E-state index in [1.165, 1.54) is 16.7 Å². The average molecular weight is 246 g/mol. The highest BCUT2D eigenvalue weighted by molar-refractivity contribution is 5.79. The van der Waals surface area contributed by atoms with E-state index in [-0.39, 0.29) is 11.9 Å². The summed E-state index contributed by atoms with van der Waals surface area (Å²) in [6.45, 7) is 8.04. The first-order chi connectivity index (χ1) is 8.49. The van der Waals surface area contributed by atoms with E-state index in [9.17, 15) is 4.79 Å². The lowest BCUT2D eigenvalue weighted by molar-refractivity contribution is -0.123. The Kier molecular flexibility index (Phi) is 3.71. The molecule has 0 radical (unpaired) electrons. The fourth-order valence-electron chi connectivity index (χ4n) is 2.47. The van der Waals surface area contributed by atoms with Gasteiger partial charge in [-0.05, 0) is 36.0 Å². The van der Waals surface area contributed by atoms with Gasteiger partial charge in [-0.3, -0.25) is 9.69 Å². The van der Waals surface area contributed by atoms with Crippen LogP contribution in [0.2, 0.25) is 0 Å². The minimum atomic E-state index is -0.238. The van der Waals surface area contributed by atoms with Crippen LogP contribution in [-0.2, 0) is 17.8 Å². The third-order valence-corrected chi connectivity index (χ3v) is 3.90. The van der Waals surface area contributed by atoms with E-state index < -0.39 is 0 Å². The fourth-order valence-corrected chi connectivity index (χ4v) is 2.47. The van der Waals surface area contributed by atoms with Gasteiger partial charge in [-0.2, -0.15) is 0 Å². The number of benzene rings is 1. The van der Waals surface area contributed by atoms with Gasteiger partial charge in [-0.25, -0.2) is 0 Å². The monoisotopic (exact) mass is 246 g/mol. The van der Waals surface area contributed by atoms with E-state index in [2.05, 4.69) is 36.9 Å². The zero-order chi connectivity index (χ0) is 13.3. The van der Waals surface area contributed by atoms with Gasteiger partial charge in [0.2, 0.25) is 5.91 Å². The first-order valence-electron chi connectivity index (χ1n) is 6.64. The Bertz CT molecular complexity index is 454. The minimum absolute atomic E-state index is 0.180. The van der Waals surface area contributed by atoms with Crippen LogP contribution in [-0.4, -0.2) is 23.4 Å². The molecule has 2 rings (SSSR count). The summed E-state index contributed by atoms with van der Waals surface area (Å²) < 4.78 is 0. The topological polar surface area (TPSA) is 46.3 Å². The predicted octanol–water partition coefficient (Wildman–Crippen LogP) is 2.04. The fraction of sp³-hybridized carbons (Fsp3) is 0.533. The SMILES string of the molecule is CC(C)c1ccc2c(c1)CN(C(C)C(N)=O)CC2. The number of fused-ring (bicyclic) bond motifs is 1. The second-order valence-corrected chi connectivity index (χ2v) is 5.48. The van der Waals surface area contributed by atoms with E-state index in [0.717, 1.165) is 19.5 Å². The molecule has 0 saturated carbocycles. The Morgan fingerprint density at radius 1 is 1.28 bits per heavy atom. The van der Waals surface area contributed by atoms with Crippen LogP contribution in [0.4, 0.5) is 0 Å². The van der Waals surface area contributed by atoms with Gasteiger partial charge in [0.05, 0.1) is 6.04 Å². The minimum Gasteiger partial charge on any atom is -0.368 e. The molecule has 0 saturated heterocycles. The summed E-state index contributed by atoms with van der Waals surface area (Å²) in [5.41, 5.74) is 9.50. The number of hydrogen-bond donors (Lipinski definition) is 1. The molecule has 0 fully saturated rings. The van der Waals surface area contributed by atoms with Crippen molar-refractivity contribution in [1.29, 1.82) is 0 Å². The molecule has 2 N–H and O–H groups in total. The van der Waals surface area contributed by atoms with Gasteiger partial charge in [-0.1, -0.05) is 32.0 Å². The van der Waals surface area contributed by atoms with Gasteiger partial charge in [0.25, 0.3) is 0 Å². The molecule has 1 atom stereocenters. The maximum absolute atomic E-state index is 11.3. The smallest absolute Gasteiger partial charge is 0.234 e. The second kappa shape index (κ2) is 5.11. The molecule has 1 amide bonds. The molecular weight excluding hydrogens is 224 g/mol. The molecule has 0 aromatic heterocycles. The zero-order valence-corrected chi connectivity index (χ0v) is 11.4. The first kappa shape index (κ1) is 13.1. The Morgan fingerprint density at radius 2 is 2.00 bits per heavy atom. The summed E-state index contributed by atoms with van der Waals surface area (Å²) in [6, 6.07) is 6.55. The number of carbonyl (C=O) groups excluding carboxylic acids is 1. The summed E-state index contributed by atoms with van der Waals surface area (Å²) in [6.07, 6.45) is 1.01. The molecule has 3 nitrogen and oxygen atoms in total. The number of nitrogens with zero attached hydrogens (tertiary/aromatic N) is 1. The molecule has 0 aliphatic carbocycles. The molecular formula is C15H22N2O. The van der Waals surface area contributed by atoms with Crippen LogP contribution in [0, 0.1) is 0 Å². The van der Waals surface area contributed by atoms with Crippen molar-refractivity contribution in [2.24, 2.45) is 5.73 Å². The van der Waals surface area contributed by atoms with Crippen LogP contribution < -0.4 is 5.73 Å². The standard InChI is InChI=1S/C15H22N2O/c1-10(2)13-5-4-12-6-7-17(9-14(12)8-13)11(3)15(16)18/h4-5,8,10-11H,6-7,9H2,1-3H3,(H2,16,18). The second-order valence-electron chi connectivity index (χ2n) is 5.48. The van der Waals surface area contributed by atoms with E-state index in [1.54, 1.807) is 0 Å². The van der Waals surface area contributed by atoms with Crippen molar-refractivity contribution in [2.45, 2.75) is 45.7 Å². The van der Waals surface area contributed by atoms with Crippen molar-refractivity contribution in [3.05, 3.63) is 34.9 Å². The number of rotatable bonds is 3. The van der Waals surface area contributed by atoms with Gasteiger partial charge in [0.15, 0.2) is 0 Å². The summed E-state index contributed by atoms with van der Waals surface area (Å²) in [5.74, 6) is 0.303. The highest BCUT2D eigenvalue weighted by atomic mass is 16.1. The van der Waals surface area contributed by atoms with E-state index >= 15 is 0 Å². The quantitative estimate of drug-likeness (QED) is 0.887. The average Bonchev–Trinajstić information content (AvgIpc) is 2.36. The molecule has 98 valence electrons. The molecule has 1 aliphatic heterocycles. The maximum Gasteiger partial charge on any atom is 0.234 e. The Hall–Kier alpha value is -1.35. The molecule has 3 heteroatoms. The van der Waals surface area contributed by atoms with Crippen molar-refractivity contribution >= 4 is 5.91 Å². The van der Waals surface area contributed by atoms with Crippen molar-refractivity contribution in [3.63, 3.8) is 0 Å². The van der Waals surface area contributed by atoms with Gasteiger partial charge in [-0.15, -0.1) is 0 Å². The van der Waals surface area contributed by atoms with Crippen LogP contribution in [0.1, 0.15) is 43.4 Å². The molecule has 1 aliphatic rings. The summed E-state index contributed by atoms with van der Waals surface area (Å²) in [7, 11) is 0.